The molecule has 0 radical (unpaired) electrons. The van der Waals surface area contributed by atoms with Crippen molar-refractivity contribution in [1.82, 2.24) is 10.6 Å². The van der Waals surface area contributed by atoms with Gasteiger partial charge in [0.25, 0.3) is 0 Å². The third-order valence-corrected chi connectivity index (χ3v) is 3.12. The molecule has 104 valence electrons. The highest BCUT2D eigenvalue weighted by molar-refractivity contribution is 5.89. The molecule has 0 bridgehead atoms. The van der Waals surface area contributed by atoms with E-state index in [0.717, 1.165) is 5.56 Å². The number of carbonyl (C=O) groups excluding carboxylic acids is 1. The van der Waals surface area contributed by atoms with Gasteiger partial charge in [-0.3, -0.25) is 4.79 Å². The van der Waals surface area contributed by atoms with Crippen LogP contribution < -0.4 is 10.6 Å². The number of hydrogen-bond donors (Lipinski definition) is 3. The van der Waals surface area contributed by atoms with E-state index in [1.807, 2.05) is 0 Å². The Morgan fingerprint density at radius 2 is 1.89 bits per heavy atom. The molecule has 0 aliphatic rings. The van der Waals surface area contributed by atoms with E-state index in [2.05, 4.69) is 10.6 Å². The molecule has 19 heavy (non-hydrogen) atoms. The van der Waals surface area contributed by atoms with Crippen molar-refractivity contribution in [2.75, 3.05) is 13.6 Å². The summed E-state index contributed by atoms with van der Waals surface area (Å²) >= 11 is 0. The van der Waals surface area contributed by atoms with Crippen LogP contribution in [0.1, 0.15) is 29.8 Å². The van der Waals surface area contributed by atoms with Gasteiger partial charge in [-0.15, -0.1) is 0 Å². The summed E-state index contributed by atoms with van der Waals surface area (Å²) in [7, 11) is 1.72. The summed E-state index contributed by atoms with van der Waals surface area (Å²) in [5.41, 5.74) is 0.369. The molecule has 0 aliphatic carbocycles. The standard InChI is InChI=1S/C14H20N2O3/c1-14(2,15-3)13(19)16-9-8-10-6-4-5-7-11(10)12(17)18/h4-7,15H,8-9H2,1-3H3,(H,16,19)(H,17,18). The summed E-state index contributed by atoms with van der Waals surface area (Å²) in [5, 5.41) is 14.8. The summed E-state index contributed by atoms with van der Waals surface area (Å²) < 4.78 is 0. The van der Waals surface area contributed by atoms with Crippen LogP contribution in [0.2, 0.25) is 0 Å². The monoisotopic (exact) mass is 264 g/mol. The first-order valence-corrected chi connectivity index (χ1v) is 6.17. The van der Waals surface area contributed by atoms with Crippen molar-refractivity contribution in [2.24, 2.45) is 0 Å². The minimum atomic E-state index is -0.947. The Labute approximate surface area is 113 Å². The molecule has 0 aliphatic heterocycles. The zero-order valence-corrected chi connectivity index (χ0v) is 11.5. The number of carboxylic acid groups (broad SMARTS) is 1. The smallest absolute Gasteiger partial charge is 0.335 e. The number of hydrogen-bond acceptors (Lipinski definition) is 3. The fourth-order valence-corrected chi connectivity index (χ4v) is 1.59. The van der Waals surface area contributed by atoms with Gasteiger partial charge in [-0.1, -0.05) is 18.2 Å². The van der Waals surface area contributed by atoms with Gasteiger partial charge in [0.1, 0.15) is 0 Å². The average molecular weight is 264 g/mol. The third kappa shape index (κ3) is 4.06. The maximum atomic E-state index is 11.8. The number of benzene rings is 1. The minimum absolute atomic E-state index is 0.109. The number of carbonyl (C=O) groups is 2. The van der Waals surface area contributed by atoms with E-state index < -0.39 is 11.5 Å². The Balaban J connectivity index is 2.59. The number of nitrogens with one attached hydrogen (secondary N) is 2. The topological polar surface area (TPSA) is 78.4 Å². The lowest BCUT2D eigenvalue weighted by atomic mass is 10.0. The molecular weight excluding hydrogens is 244 g/mol. The highest BCUT2D eigenvalue weighted by Crippen LogP contribution is 2.09. The maximum Gasteiger partial charge on any atom is 0.335 e. The van der Waals surface area contributed by atoms with E-state index in [9.17, 15) is 9.59 Å². The second kappa shape index (κ2) is 6.33. The van der Waals surface area contributed by atoms with Crippen LogP contribution in [0, 0.1) is 0 Å². The number of carboxylic acids is 1. The largest absolute Gasteiger partial charge is 0.478 e. The molecule has 5 heteroatoms. The molecule has 0 unspecified atom stereocenters. The zero-order chi connectivity index (χ0) is 14.5. The Hall–Kier alpha value is -1.88. The second-order valence-electron chi connectivity index (χ2n) is 4.84. The highest BCUT2D eigenvalue weighted by Gasteiger charge is 2.24. The minimum Gasteiger partial charge on any atom is -0.478 e. The fourth-order valence-electron chi connectivity index (χ4n) is 1.59. The Bertz CT molecular complexity index is 470. The predicted octanol–water partition coefficient (Wildman–Crippen LogP) is 1.04. The van der Waals surface area contributed by atoms with E-state index >= 15 is 0 Å². The van der Waals surface area contributed by atoms with Gasteiger partial charge in [-0.05, 0) is 38.9 Å². The Morgan fingerprint density at radius 3 is 2.47 bits per heavy atom. The van der Waals surface area contributed by atoms with Gasteiger partial charge in [0.05, 0.1) is 11.1 Å². The lowest BCUT2D eigenvalue weighted by Crippen LogP contribution is -2.51. The van der Waals surface area contributed by atoms with Crippen LogP contribution in [0.25, 0.3) is 0 Å². The molecular formula is C14H20N2O3. The van der Waals surface area contributed by atoms with E-state index in [4.69, 9.17) is 5.11 Å². The fraction of sp³-hybridized carbons (Fsp3) is 0.429. The summed E-state index contributed by atoms with van der Waals surface area (Å²) in [4.78, 5) is 22.8. The number of rotatable bonds is 6. The van der Waals surface area contributed by atoms with Crippen LogP contribution in [0.4, 0.5) is 0 Å². The van der Waals surface area contributed by atoms with Gasteiger partial charge >= 0.3 is 5.97 Å². The molecule has 3 N–H and O–H groups in total. The molecule has 0 saturated heterocycles. The van der Waals surface area contributed by atoms with Crippen molar-refractivity contribution in [1.29, 1.82) is 0 Å². The first kappa shape index (κ1) is 15.2. The molecule has 0 aromatic heterocycles. The van der Waals surface area contributed by atoms with Gasteiger partial charge in [-0.25, -0.2) is 4.79 Å². The molecule has 0 saturated carbocycles. The normalized spacial score (nSPS) is 11.1. The lowest BCUT2D eigenvalue weighted by molar-refractivity contribution is -0.126. The molecule has 0 heterocycles. The number of aromatic carboxylic acids is 1. The van der Waals surface area contributed by atoms with Gasteiger partial charge in [0, 0.05) is 6.54 Å². The zero-order valence-electron chi connectivity index (χ0n) is 11.5. The molecule has 5 nitrogen and oxygen atoms in total. The van der Waals surface area contributed by atoms with Crippen LogP contribution in [0.15, 0.2) is 24.3 Å². The average Bonchev–Trinajstić information content (AvgIpc) is 2.38. The van der Waals surface area contributed by atoms with Gasteiger partial charge in [-0.2, -0.15) is 0 Å². The number of amides is 1. The van der Waals surface area contributed by atoms with E-state index in [-0.39, 0.29) is 11.5 Å². The summed E-state index contributed by atoms with van der Waals surface area (Å²) in [6, 6.07) is 6.81. The van der Waals surface area contributed by atoms with E-state index in [1.54, 1.807) is 45.2 Å². The molecule has 1 rings (SSSR count). The van der Waals surface area contributed by atoms with Gasteiger partial charge in [0.2, 0.25) is 5.91 Å². The molecule has 0 fully saturated rings. The molecule has 1 aromatic carbocycles. The number of likely N-dealkylation sites (N-methyl/N-ethyl adjacent to an activating group) is 1. The van der Waals surface area contributed by atoms with Crippen LogP contribution in [-0.2, 0) is 11.2 Å². The first-order chi connectivity index (χ1) is 8.88. The molecule has 1 aromatic rings. The molecule has 0 spiro atoms. The van der Waals surface area contributed by atoms with Gasteiger partial charge in [0.15, 0.2) is 0 Å². The quantitative estimate of drug-likeness (QED) is 0.717. The summed E-state index contributed by atoms with van der Waals surface area (Å²) in [6.07, 6.45) is 0.494. The Kier molecular flexibility index (Phi) is 5.06. The SMILES string of the molecule is CNC(C)(C)C(=O)NCCc1ccccc1C(=O)O. The van der Waals surface area contributed by atoms with Crippen molar-refractivity contribution < 1.29 is 14.7 Å². The third-order valence-electron chi connectivity index (χ3n) is 3.12. The van der Waals surface area contributed by atoms with E-state index in [0.29, 0.717) is 13.0 Å². The van der Waals surface area contributed by atoms with Crippen LogP contribution in [0.5, 0.6) is 0 Å². The molecule has 0 atom stereocenters. The van der Waals surface area contributed by atoms with E-state index in [1.165, 1.54) is 0 Å². The summed E-state index contributed by atoms with van der Waals surface area (Å²) in [5.74, 6) is -1.06. The predicted molar refractivity (Wildman–Crippen MR) is 73.3 cm³/mol. The van der Waals surface area contributed by atoms with Crippen molar-refractivity contribution in [3.05, 3.63) is 35.4 Å². The second-order valence-corrected chi connectivity index (χ2v) is 4.84. The van der Waals surface area contributed by atoms with Crippen molar-refractivity contribution >= 4 is 11.9 Å². The van der Waals surface area contributed by atoms with Crippen molar-refractivity contribution in [3.8, 4) is 0 Å². The van der Waals surface area contributed by atoms with Crippen molar-refractivity contribution in [2.45, 2.75) is 25.8 Å². The van der Waals surface area contributed by atoms with Crippen LogP contribution >= 0.6 is 0 Å². The first-order valence-electron chi connectivity index (χ1n) is 6.17. The maximum absolute atomic E-state index is 11.8. The van der Waals surface area contributed by atoms with Crippen LogP contribution in [0.3, 0.4) is 0 Å². The Morgan fingerprint density at radius 1 is 1.26 bits per heavy atom. The highest BCUT2D eigenvalue weighted by atomic mass is 16.4. The lowest BCUT2D eigenvalue weighted by Gasteiger charge is -2.22. The van der Waals surface area contributed by atoms with Gasteiger partial charge < -0.3 is 15.7 Å². The summed E-state index contributed by atoms with van der Waals surface area (Å²) in [6.45, 7) is 3.98. The molecule has 1 amide bonds. The van der Waals surface area contributed by atoms with Crippen molar-refractivity contribution in [3.63, 3.8) is 0 Å². The van der Waals surface area contributed by atoms with Crippen LogP contribution in [-0.4, -0.2) is 36.1 Å².